The number of aromatic carboxylic acids is 1. The second-order valence-corrected chi connectivity index (χ2v) is 5.02. The van der Waals surface area contributed by atoms with Gasteiger partial charge in [0.05, 0.1) is 11.6 Å². The Labute approximate surface area is 112 Å². The smallest absolute Gasteiger partial charge is 0.341 e. The molecule has 1 N–H and O–H groups in total. The molecule has 0 unspecified atom stereocenters. The van der Waals surface area contributed by atoms with E-state index in [4.69, 9.17) is 5.11 Å². The average molecular weight is 279 g/mol. The molecule has 4 nitrogen and oxygen atoms in total. The highest BCUT2D eigenvalue weighted by molar-refractivity contribution is 5.93. The van der Waals surface area contributed by atoms with E-state index in [2.05, 4.69) is 0 Å². The maximum atomic E-state index is 13.5. The van der Waals surface area contributed by atoms with Gasteiger partial charge in [0.15, 0.2) is 0 Å². The summed E-state index contributed by atoms with van der Waals surface area (Å²) in [6.07, 6.45) is 0.363. The average Bonchev–Trinajstić information content (AvgIpc) is 3.07. The summed E-state index contributed by atoms with van der Waals surface area (Å²) in [6, 6.07) is 1.76. The highest BCUT2D eigenvalue weighted by Crippen LogP contribution is 2.41. The topological polar surface area (TPSA) is 59.3 Å². The predicted molar refractivity (Wildman–Crippen MR) is 68.4 cm³/mol. The van der Waals surface area contributed by atoms with Crippen LogP contribution in [0.3, 0.4) is 0 Å². The number of fused-ring (bicyclic) bond motifs is 1. The number of hydrogen-bond acceptors (Lipinski definition) is 2. The van der Waals surface area contributed by atoms with Crippen LogP contribution in [0.15, 0.2) is 23.1 Å². The third kappa shape index (κ3) is 1.79. The number of carbonyl (C=O) groups is 1. The number of benzene rings is 1. The maximum Gasteiger partial charge on any atom is 0.341 e. The fraction of sp³-hybridized carbons (Fsp3) is 0.286. The van der Waals surface area contributed by atoms with E-state index in [0.717, 1.165) is 12.3 Å². The Bertz CT molecular complexity index is 797. The Morgan fingerprint density at radius 2 is 2.10 bits per heavy atom. The molecular weight excluding hydrogens is 268 g/mol. The first kappa shape index (κ1) is 12.8. The van der Waals surface area contributed by atoms with Gasteiger partial charge in [0.1, 0.15) is 17.6 Å². The van der Waals surface area contributed by atoms with Gasteiger partial charge < -0.3 is 9.67 Å². The number of alkyl halides is 1. The summed E-state index contributed by atoms with van der Waals surface area (Å²) in [4.78, 5) is 23.2. The maximum absolute atomic E-state index is 13.5. The van der Waals surface area contributed by atoms with Crippen LogP contribution in [0.25, 0.3) is 10.9 Å². The zero-order chi connectivity index (χ0) is 14.6. The minimum absolute atomic E-state index is 0.0264. The number of hydrogen-bond donors (Lipinski definition) is 1. The van der Waals surface area contributed by atoms with Crippen LogP contribution in [-0.2, 0) is 0 Å². The Morgan fingerprint density at radius 1 is 1.45 bits per heavy atom. The second-order valence-electron chi connectivity index (χ2n) is 5.02. The molecule has 1 aromatic carbocycles. The normalized spacial score (nSPS) is 21.1. The molecule has 0 amide bonds. The van der Waals surface area contributed by atoms with Gasteiger partial charge in [-0.1, -0.05) is 0 Å². The van der Waals surface area contributed by atoms with Crippen LogP contribution >= 0.6 is 0 Å². The summed E-state index contributed by atoms with van der Waals surface area (Å²) in [5, 5.41) is 9.03. The summed E-state index contributed by atoms with van der Waals surface area (Å²) in [5.41, 5.74) is -0.344. The van der Waals surface area contributed by atoms with E-state index in [-0.39, 0.29) is 11.8 Å². The molecule has 20 heavy (non-hydrogen) atoms. The Kier molecular flexibility index (Phi) is 2.64. The number of halogens is 2. The lowest BCUT2D eigenvalue weighted by Crippen LogP contribution is -2.19. The Hall–Kier alpha value is -2.24. The summed E-state index contributed by atoms with van der Waals surface area (Å²) >= 11 is 0. The number of pyridine rings is 1. The molecule has 0 aliphatic heterocycles. The fourth-order valence-corrected chi connectivity index (χ4v) is 2.51. The van der Waals surface area contributed by atoms with Gasteiger partial charge in [-0.15, -0.1) is 0 Å². The van der Waals surface area contributed by atoms with Crippen molar-refractivity contribution in [2.24, 2.45) is 0 Å². The molecule has 1 saturated carbocycles. The first-order valence-corrected chi connectivity index (χ1v) is 6.12. The van der Waals surface area contributed by atoms with E-state index >= 15 is 0 Å². The van der Waals surface area contributed by atoms with Crippen LogP contribution < -0.4 is 5.43 Å². The predicted octanol–water partition coefficient (Wildman–Crippen LogP) is 2.43. The molecule has 1 aliphatic carbocycles. The summed E-state index contributed by atoms with van der Waals surface area (Å²) in [6.45, 7) is 1.61. The van der Waals surface area contributed by atoms with Crippen molar-refractivity contribution in [1.82, 2.24) is 4.57 Å². The van der Waals surface area contributed by atoms with E-state index in [0.29, 0.717) is 11.1 Å². The third-order valence-corrected chi connectivity index (χ3v) is 3.55. The van der Waals surface area contributed by atoms with Crippen molar-refractivity contribution in [3.63, 3.8) is 0 Å². The Morgan fingerprint density at radius 3 is 2.65 bits per heavy atom. The van der Waals surface area contributed by atoms with E-state index in [9.17, 15) is 18.4 Å². The van der Waals surface area contributed by atoms with E-state index in [1.54, 1.807) is 6.92 Å². The van der Waals surface area contributed by atoms with Gasteiger partial charge in [-0.05, 0) is 24.6 Å². The number of rotatable bonds is 2. The molecule has 3 rings (SSSR count). The van der Waals surface area contributed by atoms with Gasteiger partial charge in [0, 0.05) is 18.0 Å². The lowest BCUT2D eigenvalue weighted by molar-refractivity contribution is 0.0694. The van der Waals surface area contributed by atoms with Crippen LogP contribution in [0.4, 0.5) is 8.78 Å². The van der Waals surface area contributed by atoms with E-state index in [1.807, 2.05) is 0 Å². The number of aryl methyl sites for hydroxylation is 1. The van der Waals surface area contributed by atoms with Gasteiger partial charge in [-0.2, -0.15) is 0 Å². The van der Waals surface area contributed by atoms with Gasteiger partial charge in [0.25, 0.3) is 0 Å². The summed E-state index contributed by atoms with van der Waals surface area (Å²) in [7, 11) is 0. The zero-order valence-corrected chi connectivity index (χ0v) is 10.6. The summed E-state index contributed by atoms with van der Waals surface area (Å²) in [5.74, 6) is -2.02. The van der Waals surface area contributed by atoms with Crippen molar-refractivity contribution in [2.75, 3.05) is 0 Å². The van der Waals surface area contributed by atoms with Crippen molar-refractivity contribution >= 4 is 16.9 Å². The first-order chi connectivity index (χ1) is 9.40. The zero-order valence-electron chi connectivity index (χ0n) is 10.6. The van der Waals surface area contributed by atoms with Crippen molar-refractivity contribution in [3.8, 4) is 0 Å². The van der Waals surface area contributed by atoms with Crippen molar-refractivity contribution in [3.05, 3.63) is 45.5 Å². The fourth-order valence-electron chi connectivity index (χ4n) is 2.51. The van der Waals surface area contributed by atoms with Crippen LogP contribution in [0.5, 0.6) is 0 Å². The van der Waals surface area contributed by atoms with Crippen molar-refractivity contribution in [1.29, 1.82) is 0 Å². The van der Waals surface area contributed by atoms with E-state index < -0.39 is 35.0 Å². The molecule has 1 aromatic heterocycles. The second kappa shape index (κ2) is 4.13. The van der Waals surface area contributed by atoms with Crippen LogP contribution in [-0.4, -0.2) is 21.8 Å². The molecule has 0 saturated heterocycles. The highest BCUT2D eigenvalue weighted by Gasteiger charge is 2.40. The van der Waals surface area contributed by atoms with Crippen molar-refractivity contribution < 1.29 is 18.7 Å². The minimum atomic E-state index is -1.40. The van der Waals surface area contributed by atoms with Gasteiger partial charge in [-0.3, -0.25) is 4.79 Å². The largest absolute Gasteiger partial charge is 0.477 e. The van der Waals surface area contributed by atoms with Gasteiger partial charge >= 0.3 is 5.97 Å². The molecular formula is C14H11F2NO3. The van der Waals surface area contributed by atoms with Crippen molar-refractivity contribution in [2.45, 2.75) is 25.6 Å². The quantitative estimate of drug-likeness (QED) is 0.918. The summed E-state index contributed by atoms with van der Waals surface area (Å²) < 4.78 is 28.2. The molecule has 0 spiro atoms. The number of aromatic nitrogens is 1. The van der Waals surface area contributed by atoms with Crippen LogP contribution in [0, 0.1) is 12.7 Å². The minimum Gasteiger partial charge on any atom is -0.477 e. The molecule has 1 fully saturated rings. The molecule has 0 radical (unpaired) electrons. The molecule has 104 valence electrons. The number of carboxylic acid groups (broad SMARTS) is 1. The highest BCUT2D eigenvalue weighted by atomic mass is 19.1. The molecule has 0 bridgehead atoms. The van der Waals surface area contributed by atoms with Gasteiger partial charge in [0.2, 0.25) is 5.43 Å². The Balaban J connectivity index is 2.45. The van der Waals surface area contributed by atoms with Crippen LogP contribution in [0.2, 0.25) is 0 Å². The van der Waals surface area contributed by atoms with Crippen LogP contribution in [0.1, 0.15) is 28.4 Å². The van der Waals surface area contributed by atoms with Gasteiger partial charge in [-0.25, -0.2) is 13.6 Å². The first-order valence-electron chi connectivity index (χ1n) is 6.12. The molecule has 2 atom stereocenters. The van der Waals surface area contributed by atoms with E-state index in [1.165, 1.54) is 10.6 Å². The number of nitrogens with zero attached hydrogens (tertiary/aromatic N) is 1. The standard InChI is InChI=1S/C14H11F2NO3/c1-6-2-7(15)3-8-12(6)17(11-4-10(11)16)5-9(13(8)18)14(19)20/h2-3,5,10-11H,4H2,1H3,(H,19,20)/t10-,11-/m1/s1. The lowest BCUT2D eigenvalue weighted by Gasteiger charge is -2.13. The lowest BCUT2D eigenvalue weighted by atomic mass is 10.1. The molecule has 2 aromatic rings. The SMILES string of the molecule is Cc1cc(F)cc2c(=O)c(C(=O)O)cn([C@@H]3C[C@H]3F)c12. The number of carboxylic acids is 1. The molecule has 1 heterocycles. The monoisotopic (exact) mass is 279 g/mol. The molecule has 1 aliphatic rings. The molecule has 6 heteroatoms. The third-order valence-electron chi connectivity index (χ3n) is 3.55.